The molecule has 18 heteroatoms. The minimum atomic E-state index is -2.43. The first-order chi connectivity index (χ1) is 16.0. The van der Waals surface area contributed by atoms with Crippen LogP contribution < -0.4 is 0 Å². The lowest BCUT2D eigenvalue weighted by Gasteiger charge is -2.45. The van der Waals surface area contributed by atoms with Gasteiger partial charge in [-0.2, -0.15) is 0 Å². The second-order valence-electron chi connectivity index (χ2n) is 8.37. The molecular formula is C18H36O18. The minimum Gasteiger partial charge on any atom is -0.412 e. The molecule has 0 aromatic rings. The molecule has 36 heavy (non-hydrogen) atoms. The SMILES string of the molecule is O.O.OC[C@H]1O[C@@](CO)(O[C@H]2O[C@H](CO)[C@@H](O)[C@H](O)[C@H]2O)[C@@H](O[C@H]2O[C@H](CO)[C@@H](O)[C@H](O)[C@@H]2O)[C@@H]1O. The standard InChI is InChI=1S/C18H32O16.2H2O/c19-1-5-8(23)11(26)13(28)16(30-5)32-15-10(25)7(3-21)33-18(15,4-22)34-17-14(29)12(27)9(24)6(2-20)31-17;;/h5-17,19-29H,1-4H2;2*1H2/t5-,6-,7-,8-,9-,10-,11+,12+,13+,14-,15+,16-,17-,18+;;/m1../s1. The average molecular weight is 540 g/mol. The van der Waals surface area contributed by atoms with E-state index in [-0.39, 0.29) is 11.0 Å². The van der Waals surface area contributed by atoms with Crippen molar-refractivity contribution in [3.63, 3.8) is 0 Å². The van der Waals surface area contributed by atoms with Gasteiger partial charge >= 0.3 is 0 Å². The Bertz CT molecular complexity index is 654. The molecule has 0 unspecified atom stereocenters. The molecule has 18 nitrogen and oxygen atoms in total. The van der Waals surface area contributed by atoms with E-state index in [1.807, 2.05) is 0 Å². The smallest absolute Gasteiger partial charge is 0.224 e. The quantitative estimate of drug-likeness (QED) is 0.136. The fraction of sp³-hybridized carbons (Fsp3) is 1.00. The molecule has 3 rings (SSSR count). The van der Waals surface area contributed by atoms with E-state index < -0.39 is 112 Å². The third-order valence-corrected chi connectivity index (χ3v) is 6.17. The highest BCUT2D eigenvalue weighted by Crippen LogP contribution is 2.39. The Morgan fingerprint density at radius 2 is 1.00 bits per heavy atom. The van der Waals surface area contributed by atoms with Gasteiger partial charge in [0, 0.05) is 0 Å². The van der Waals surface area contributed by atoms with Crippen LogP contribution in [0.25, 0.3) is 0 Å². The van der Waals surface area contributed by atoms with E-state index >= 15 is 0 Å². The molecule has 0 radical (unpaired) electrons. The Hall–Kier alpha value is -0.720. The monoisotopic (exact) mass is 540 g/mol. The summed E-state index contributed by atoms with van der Waals surface area (Å²) in [5, 5.41) is 109. The fourth-order valence-electron chi connectivity index (χ4n) is 4.12. The van der Waals surface area contributed by atoms with E-state index in [1.54, 1.807) is 0 Å². The Balaban J connectivity index is 0.00000324. The molecule has 0 spiro atoms. The fourth-order valence-corrected chi connectivity index (χ4v) is 4.12. The summed E-state index contributed by atoms with van der Waals surface area (Å²) in [5.74, 6) is -2.43. The highest BCUT2D eigenvalue weighted by Gasteiger charge is 2.61. The van der Waals surface area contributed by atoms with Crippen LogP contribution in [-0.2, 0) is 23.7 Å². The first-order valence-electron chi connectivity index (χ1n) is 10.6. The van der Waals surface area contributed by atoms with Crippen molar-refractivity contribution in [3.8, 4) is 0 Å². The predicted octanol–water partition coefficient (Wildman–Crippen LogP) is -9.22. The third-order valence-electron chi connectivity index (χ3n) is 6.17. The van der Waals surface area contributed by atoms with E-state index in [2.05, 4.69) is 0 Å². The molecule has 216 valence electrons. The van der Waals surface area contributed by atoms with Crippen LogP contribution in [0, 0.1) is 0 Å². The maximum atomic E-state index is 10.6. The summed E-state index contributed by atoms with van der Waals surface area (Å²) in [4.78, 5) is 0. The van der Waals surface area contributed by atoms with Gasteiger partial charge in [-0.05, 0) is 0 Å². The molecule has 3 heterocycles. The van der Waals surface area contributed by atoms with Gasteiger partial charge in [-0.25, -0.2) is 0 Å². The van der Waals surface area contributed by atoms with Crippen molar-refractivity contribution in [2.75, 3.05) is 26.4 Å². The first kappa shape index (κ1) is 33.3. The van der Waals surface area contributed by atoms with Crippen molar-refractivity contribution < 1.29 is 90.8 Å². The predicted molar refractivity (Wildman–Crippen MR) is 109 cm³/mol. The van der Waals surface area contributed by atoms with Crippen molar-refractivity contribution in [1.29, 1.82) is 0 Å². The lowest BCUT2D eigenvalue weighted by Crippen LogP contribution is -2.64. The maximum Gasteiger partial charge on any atom is 0.224 e. The van der Waals surface area contributed by atoms with Gasteiger partial charge in [0.05, 0.1) is 19.8 Å². The number of aliphatic hydroxyl groups is 11. The largest absolute Gasteiger partial charge is 0.412 e. The molecule has 3 aliphatic heterocycles. The van der Waals surface area contributed by atoms with Crippen LogP contribution in [-0.4, -0.2) is 179 Å². The topological polar surface area (TPSA) is 332 Å². The molecule has 0 saturated carbocycles. The molecule has 0 bridgehead atoms. The van der Waals surface area contributed by atoms with E-state index in [1.165, 1.54) is 0 Å². The Labute approximate surface area is 203 Å². The van der Waals surface area contributed by atoms with Gasteiger partial charge in [-0.3, -0.25) is 0 Å². The van der Waals surface area contributed by atoms with Crippen LogP contribution in [0.2, 0.25) is 0 Å². The van der Waals surface area contributed by atoms with Crippen molar-refractivity contribution in [3.05, 3.63) is 0 Å². The number of aliphatic hydroxyl groups excluding tert-OH is 11. The summed E-state index contributed by atoms with van der Waals surface area (Å²) in [6.07, 6.45) is -22.3. The Morgan fingerprint density at radius 1 is 0.556 bits per heavy atom. The molecule has 0 aliphatic carbocycles. The number of rotatable bonds is 8. The van der Waals surface area contributed by atoms with Crippen LogP contribution in [0.1, 0.15) is 0 Å². The molecule has 0 aromatic heterocycles. The van der Waals surface area contributed by atoms with Crippen molar-refractivity contribution in [1.82, 2.24) is 0 Å². The molecule has 3 fully saturated rings. The maximum absolute atomic E-state index is 10.6. The molecule has 14 atom stereocenters. The van der Waals surface area contributed by atoms with Gasteiger partial charge in [0.1, 0.15) is 73.8 Å². The van der Waals surface area contributed by atoms with E-state index in [0.717, 1.165) is 0 Å². The summed E-state index contributed by atoms with van der Waals surface area (Å²) >= 11 is 0. The Morgan fingerprint density at radius 3 is 1.44 bits per heavy atom. The molecule has 0 amide bonds. The summed E-state index contributed by atoms with van der Waals surface area (Å²) in [6.45, 7) is -3.49. The van der Waals surface area contributed by atoms with E-state index in [9.17, 15) is 56.2 Å². The highest BCUT2D eigenvalue weighted by atomic mass is 16.8. The third kappa shape index (κ3) is 5.96. The van der Waals surface area contributed by atoms with Crippen LogP contribution in [0.3, 0.4) is 0 Å². The van der Waals surface area contributed by atoms with Gasteiger partial charge in [-0.15, -0.1) is 0 Å². The zero-order chi connectivity index (χ0) is 25.4. The molecule has 3 saturated heterocycles. The van der Waals surface area contributed by atoms with Gasteiger partial charge in [0.15, 0.2) is 12.6 Å². The van der Waals surface area contributed by atoms with E-state index in [0.29, 0.717) is 0 Å². The zero-order valence-corrected chi connectivity index (χ0v) is 18.8. The lowest BCUT2D eigenvalue weighted by atomic mass is 9.98. The first-order valence-corrected chi connectivity index (χ1v) is 10.6. The summed E-state index contributed by atoms with van der Waals surface area (Å²) < 4.78 is 27.0. The average Bonchev–Trinajstić information content (AvgIpc) is 3.10. The number of hydrogen-bond donors (Lipinski definition) is 11. The summed E-state index contributed by atoms with van der Waals surface area (Å²) in [7, 11) is 0. The number of ether oxygens (including phenoxy) is 5. The van der Waals surface area contributed by atoms with E-state index in [4.69, 9.17) is 23.7 Å². The Kier molecular flexibility index (Phi) is 12.4. The van der Waals surface area contributed by atoms with Crippen molar-refractivity contribution >= 4 is 0 Å². The van der Waals surface area contributed by atoms with Crippen LogP contribution in [0.5, 0.6) is 0 Å². The summed E-state index contributed by atoms with van der Waals surface area (Å²) in [6, 6.07) is 0. The van der Waals surface area contributed by atoms with Gasteiger partial charge in [0.25, 0.3) is 0 Å². The van der Waals surface area contributed by atoms with Crippen molar-refractivity contribution in [2.24, 2.45) is 0 Å². The van der Waals surface area contributed by atoms with Gasteiger partial charge in [0.2, 0.25) is 5.79 Å². The number of hydrogen-bond acceptors (Lipinski definition) is 16. The summed E-state index contributed by atoms with van der Waals surface area (Å²) in [5.41, 5.74) is 0. The highest BCUT2D eigenvalue weighted by molar-refractivity contribution is 5.01. The van der Waals surface area contributed by atoms with Gasteiger partial charge in [-0.1, -0.05) is 0 Å². The second kappa shape index (κ2) is 13.4. The van der Waals surface area contributed by atoms with Crippen LogP contribution in [0.4, 0.5) is 0 Å². The zero-order valence-electron chi connectivity index (χ0n) is 18.8. The van der Waals surface area contributed by atoms with Crippen molar-refractivity contribution in [2.45, 2.75) is 85.5 Å². The van der Waals surface area contributed by atoms with Gasteiger partial charge < -0.3 is 90.8 Å². The normalized spacial score (nSPS) is 49.2. The molecule has 3 aliphatic rings. The van der Waals surface area contributed by atoms with Crippen LogP contribution >= 0.6 is 0 Å². The molecular weight excluding hydrogens is 504 g/mol. The second-order valence-corrected chi connectivity index (χ2v) is 8.37. The molecule has 15 N–H and O–H groups in total. The lowest BCUT2D eigenvalue weighted by molar-refractivity contribution is -0.400. The minimum absolute atomic E-state index is 0. The van der Waals surface area contributed by atoms with Crippen LogP contribution in [0.15, 0.2) is 0 Å². The molecule has 0 aromatic carbocycles.